The van der Waals surface area contributed by atoms with Crippen molar-refractivity contribution in [3.05, 3.63) is 36.0 Å². The van der Waals surface area contributed by atoms with Gasteiger partial charge in [0.05, 0.1) is 16.8 Å². The van der Waals surface area contributed by atoms with E-state index in [9.17, 15) is 10.1 Å². The van der Waals surface area contributed by atoms with Gasteiger partial charge in [0.15, 0.2) is 0 Å². The van der Waals surface area contributed by atoms with E-state index in [0.29, 0.717) is 12.1 Å². The fourth-order valence-electron chi connectivity index (χ4n) is 2.27. The lowest BCUT2D eigenvalue weighted by Gasteiger charge is -2.16. The van der Waals surface area contributed by atoms with Gasteiger partial charge in [-0.05, 0) is 12.0 Å². The summed E-state index contributed by atoms with van der Waals surface area (Å²) < 4.78 is 0. The topological polar surface area (TPSA) is 86.0 Å². The van der Waals surface area contributed by atoms with Crippen LogP contribution < -0.4 is 5.32 Å². The molecule has 0 spiro atoms. The second-order valence-corrected chi connectivity index (χ2v) is 4.93. The second-order valence-electron chi connectivity index (χ2n) is 4.93. The van der Waals surface area contributed by atoms with E-state index in [1.54, 1.807) is 6.20 Å². The molecule has 5 nitrogen and oxygen atoms in total. The van der Waals surface area contributed by atoms with E-state index in [4.69, 9.17) is 5.11 Å². The molecule has 0 amide bonds. The summed E-state index contributed by atoms with van der Waals surface area (Å²) in [4.78, 5) is 15.1. The minimum atomic E-state index is -0.802. The summed E-state index contributed by atoms with van der Waals surface area (Å²) in [6.07, 6.45) is 2.43. The first kappa shape index (κ1) is 14.8. The molecule has 21 heavy (non-hydrogen) atoms. The van der Waals surface area contributed by atoms with Crippen LogP contribution in [0.15, 0.2) is 30.5 Å². The maximum Gasteiger partial charge on any atom is 0.303 e. The first-order valence-electron chi connectivity index (χ1n) is 6.89. The van der Waals surface area contributed by atoms with Crippen LogP contribution in [0.5, 0.6) is 0 Å². The Hall–Kier alpha value is -2.61. The third-order valence-electron chi connectivity index (χ3n) is 3.50. The number of carboxylic acids is 1. The highest BCUT2D eigenvalue weighted by molar-refractivity contribution is 5.93. The second kappa shape index (κ2) is 6.71. The number of para-hydroxylation sites is 1. The number of hydrogen-bond donors (Lipinski definition) is 2. The summed E-state index contributed by atoms with van der Waals surface area (Å²) in [6.45, 7) is 2.48. The van der Waals surface area contributed by atoms with Gasteiger partial charge in [-0.2, -0.15) is 5.26 Å². The van der Waals surface area contributed by atoms with Crippen molar-refractivity contribution < 1.29 is 9.90 Å². The van der Waals surface area contributed by atoms with Crippen LogP contribution in [-0.2, 0) is 4.79 Å². The molecule has 0 aliphatic carbocycles. The van der Waals surface area contributed by atoms with E-state index in [0.717, 1.165) is 23.0 Å². The minimum absolute atomic E-state index is 0.0287. The number of fused-ring (bicyclic) bond motifs is 1. The van der Waals surface area contributed by atoms with Crippen LogP contribution in [0.1, 0.15) is 25.3 Å². The minimum Gasteiger partial charge on any atom is -0.481 e. The van der Waals surface area contributed by atoms with Gasteiger partial charge in [-0.3, -0.25) is 9.78 Å². The molecule has 0 aliphatic heterocycles. The van der Waals surface area contributed by atoms with E-state index in [2.05, 4.69) is 16.4 Å². The lowest BCUT2D eigenvalue weighted by Crippen LogP contribution is -2.18. The van der Waals surface area contributed by atoms with E-state index in [-0.39, 0.29) is 12.3 Å². The lowest BCUT2D eigenvalue weighted by atomic mass is 10.0. The number of nitriles is 1. The van der Waals surface area contributed by atoms with Crippen LogP contribution in [0.3, 0.4) is 0 Å². The number of hydrogen-bond acceptors (Lipinski definition) is 4. The van der Waals surface area contributed by atoms with E-state index >= 15 is 0 Å². The number of aromatic nitrogens is 1. The molecule has 1 aromatic heterocycles. The number of carbonyl (C=O) groups is 1. The molecule has 0 fully saturated rings. The number of carboxylic acid groups (broad SMARTS) is 1. The molecular formula is C16H17N3O2. The summed E-state index contributed by atoms with van der Waals surface area (Å²) >= 11 is 0. The van der Waals surface area contributed by atoms with Crippen molar-refractivity contribution in [1.82, 2.24) is 4.98 Å². The Morgan fingerprint density at radius 1 is 1.48 bits per heavy atom. The summed E-state index contributed by atoms with van der Waals surface area (Å²) in [5.74, 6) is -0.773. The molecule has 2 aromatic rings. The van der Waals surface area contributed by atoms with Gasteiger partial charge in [0.1, 0.15) is 6.07 Å². The van der Waals surface area contributed by atoms with Crippen LogP contribution in [0, 0.1) is 17.2 Å². The van der Waals surface area contributed by atoms with Gasteiger partial charge in [0, 0.05) is 24.5 Å². The van der Waals surface area contributed by atoms with E-state index < -0.39 is 5.97 Å². The SMILES string of the molecule is CCC(CNc1c(C#N)cnc2ccccc12)CC(=O)O. The van der Waals surface area contributed by atoms with Crippen LogP contribution in [0.25, 0.3) is 10.9 Å². The summed E-state index contributed by atoms with van der Waals surface area (Å²) in [7, 11) is 0. The monoisotopic (exact) mass is 283 g/mol. The molecular weight excluding hydrogens is 266 g/mol. The van der Waals surface area contributed by atoms with Crippen molar-refractivity contribution in [3.63, 3.8) is 0 Å². The maximum atomic E-state index is 10.8. The van der Waals surface area contributed by atoms with Gasteiger partial charge in [-0.1, -0.05) is 31.5 Å². The first-order valence-corrected chi connectivity index (χ1v) is 6.89. The van der Waals surface area contributed by atoms with Gasteiger partial charge < -0.3 is 10.4 Å². The molecule has 0 saturated carbocycles. The van der Waals surface area contributed by atoms with Crippen molar-refractivity contribution in [2.45, 2.75) is 19.8 Å². The zero-order valence-electron chi connectivity index (χ0n) is 11.8. The molecule has 1 unspecified atom stereocenters. The number of anilines is 1. The van der Waals surface area contributed by atoms with Crippen LogP contribution in [0.4, 0.5) is 5.69 Å². The van der Waals surface area contributed by atoms with Crippen molar-refractivity contribution in [2.75, 3.05) is 11.9 Å². The van der Waals surface area contributed by atoms with Gasteiger partial charge in [0.2, 0.25) is 0 Å². The van der Waals surface area contributed by atoms with Crippen molar-refractivity contribution in [2.24, 2.45) is 5.92 Å². The molecule has 1 heterocycles. The number of nitrogens with one attached hydrogen (secondary N) is 1. The predicted molar refractivity (Wildman–Crippen MR) is 81.0 cm³/mol. The Kier molecular flexibility index (Phi) is 4.72. The molecule has 0 radical (unpaired) electrons. The van der Waals surface area contributed by atoms with Crippen molar-refractivity contribution in [3.8, 4) is 6.07 Å². The molecule has 1 aromatic carbocycles. The van der Waals surface area contributed by atoms with Crippen LogP contribution in [0.2, 0.25) is 0 Å². The van der Waals surface area contributed by atoms with E-state index in [1.807, 2.05) is 31.2 Å². The van der Waals surface area contributed by atoms with Crippen molar-refractivity contribution in [1.29, 1.82) is 5.26 Å². The first-order chi connectivity index (χ1) is 10.2. The molecule has 2 rings (SSSR count). The lowest BCUT2D eigenvalue weighted by molar-refractivity contribution is -0.138. The quantitative estimate of drug-likeness (QED) is 0.851. The number of benzene rings is 1. The fourth-order valence-corrected chi connectivity index (χ4v) is 2.27. The molecule has 2 N–H and O–H groups in total. The molecule has 108 valence electrons. The third kappa shape index (κ3) is 3.48. The summed E-state index contributed by atoms with van der Waals surface area (Å²) in [5, 5.41) is 22.2. The smallest absolute Gasteiger partial charge is 0.303 e. The molecule has 1 atom stereocenters. The Labute approximate surface area is 123 Å². The molecule has 0 saturated heterocycles. The Balaban J connectivity index is 2.28. The van der Waals surface area contributed by atoms with Gasteiger partial charge in [-0.15, -0.1) is 0 Å². The van der Waals surface area contributed by atoms with Gasteiger partial charge >= 0.3 is 5.97 Å². The third-order valence-corrected chi connectivity index (χ3v) is 3.50. The van der Waals surface area contributed by atoms with Gasteiger partial charge in [0.25, 0.3) is 0 Å². The average molecular weight is 283 g/mol. The van der Waals surface area contributed by atoms with Crippen LogP contribution >= 0.6 is 0 Å². The highest BCUT2D eigenvalue weighted by Crippen LogP contribution is 2.26. The highest BCUT2D eigenvalue weighted by atomic mass is 16.4. The average Bonchev–Trinajstić information content (AvgIpc) is 2.50. The number of nitrogens with zero attached hydrogens (tertiary/aromatic N) is 2. The summed E-state index contributed by atoms with van der Waals surface area (Å²) in [5.41, 5.74) is 2.01. The highest BCUT2D eigenvalue weighted by Gasteiger charge is 2.13. The van der Waals surface area contributed by atoms with Crippen LogP contribution in [-0.4, -0.2) is 22.6 Å². The standard InChI is InChI=1S/C16H17N3O2/c1-2-11(7-15(20)21)9-19-16-12(8-17)10-18-14-6-4-3-5-13(14)16/h3-6,10-11H,2,7,9H2,1H3,(H,18,19)(H,20,21). The zero-order chi connectivity index (χ0) is 15.2. The molecule has 0 aliphatic rings. The van der Waals surface area contributed by atoms with E-state index in [1.165, 1.54) is 0 Å². The Bertz CT molecular complexity index is 691. The number of pyridine rings is 1. The Morgan fingerprint density at radius 2 is 2.24 bits per heavy atom. The number of rotatable bonds is 6. The van der Waals surface area contributed by atoms with Gasteiger partial charge in [-0.25, -0.2) is 0 Å². The summed E-state index contributed by atoms with van der Waals surface area (Å²) in [6, 6.07) is 9.71. The predicted octanol–water partition coefficient (Wildman–Crippen LogP) is 3.02. The number of aliphatic carboxylic acids is 1. The zero-order valence-corrected chi connectivity index (χ0v) is 11.8. The molecule has 0 bridgehead atoms. The molecule has 5 heteroatoms. The largest absolute Gasteiger partial charge is 0.481 e. The maximum absolute atomic E-state index is 10.8. The normalized spacial score (nSPS) is 11.8. The fraction of sp³-hybridized carbons (Fsp3) is 0.312. The Morgan fingerprint density at radius 3 is 2.90 bits per heavy atom. The van der Waals surface area contributed by atoms with Crippen molar-refractivity contribution >= 4 is 22.6 Å².